The molecule has 9 heteroatoms. The zero-order chi connectivity index (χ0) is 19.9. The molecule has 1 atom stereocenters. The van der Waals surface area contributed by atoms with Crippen molar-refractivity contribution in [1.82, 2.24) is 25.4 Å². The second-order valence-electron chi connectivity index (χ2n) is 6.59. The molecule has 1 aromatic heterocycles. The molecule has 1 aliphatic heterocycles. The van der Waals surface area contributed by atoms with Gasteiger partial charge in [-0.1, -0.05) is 17.7 Å². The van der Waals surface area contributed by atoms with Crippen LogP contribution in [0, 0.1) is 0 Å². The van der Waals surface area contributed by atoms with Crippen LogP contribution >= 0.6 is 11.6 Å². The number of rotatable bonds is 7. The van der Waals surface area contributed by atoms with E-state index in [1.165, 1.54) is 0 Å². The summed E-state index contributed by atoms with van der Waals surface area (Å²) in [5, 5.41) is 12.0. The van der Waals surface area contributed by atoms with Crippen LogP contribution in [-0.2, 0) is 30.9 Å². The first-order valence-corrected chi connectivity index (χ1v) is 9.79. The monoisotopic (exact) mass is 406 g/mol. The molecule has 3 rings (SSSR count). The van der Waals surface area contributed by atoms with Gasteiger partial charge >= 0.3 is 0 Å². The molecular formula is C19H27ClN6O2. The van der Waals surface area contributed by atoms with Gasteiger partial charge in [0, 0.05) is 36.7 Å². The van der Waals surface area contributed by atoms with Crippen LogP contribution in [0.1, 0.15) is 30.6 Å². The van der Waals surface area contributed by atoms with Crippen molar-refractivity contribution in [2.24, 2.45) is 4.99 Å². The topological polar surface area (TPSA) is 85.6 Å². The molecule has 0 fully saturated rings. The molecule has 2 N–H and O–H groups in total. The average Bonchev–Trinajstić information content (AvgIpc) is 3.09. The lowest BCUT2D eigenvalue weighted by atomic mass is 10.1. The van der Waals surface area contributed by atoms with Gasteiger partial charge < -0.3 is 20.1 Å². The fourth-order valence-electron chi connectivity index (χ4n) is 3.20. The van der Waals surface area contributed by atoms with E-state index >= 15 is 0 Å². The number of hydrogen-bond donors (Lipinski definition) is 2. The highest BCUT2D eigenvalue weighted by atomic mass is 35.5. The highest BCUT2D eigenvalue weighted by Crippen LogP contribution is 2.23. The number of halogens is 1. The maximum atomic E-state index is 6.04. The Morgan fingerprint density at radius 3 is 3.00 bits per heavy atom. The van der Waals surface area contributed by atoms with E-state index < -0.39 is 0 Å². The summed E-state index contributed by atoms with van der Waals surface area (Å²) in [4.78, 5) is 9.23. The second-order valence-corrected chi connectivity index (χ2v) is 7.03. The predicted molar refractivity (Wildman–Crippen MR) is 109 cm³/mol. The third-order valence-corrected chi connectivity index (χ3v) is 4.75. The van der Waals surface area contributed by atoms with E-state index in [9.17, 15) is 0 Å². The van der Waals surface area contributed by atoms with Crippen LogP contribution in [0.15, 0.2) is 23.2 Å². The Hall–Kier alpha value is -2.32. The summed E-state index contributed by atoms with van der Waals surface area (Å²) in [6, 6.07) is 5.82. The molecule has 28 heavy (non-hydrogen) atoms. The number of fused-ring (bicyclic) bond motifs is 1. The van der Waals surface area contributed by atoms with Crippen molar-refractivity contribution >= 4 is 17.6 Å². The van der Waals surface area contributed by atoms with Crippen LogP contribution < -0.4 is 15.4 Å². The lowest BCUT2D eigenvalue weighted by Crippen LogP contribution is -2.47. The van der Waals surface area contributed by atoms with Crippen molar-refractivity contribution in [3.8, 4) is 5.75 Å². The van der Waals surface area contributed by atoms with Gasteiger partial charge in [0.05, 0.1) is 20.2 Å². The summed E-state index contributed by atoms with van der Waals surface area (Å²) < 4.78 is 12.5. The number of ether oxygens (including phenoxy) is 2. The molecule has 1 unspecified atom stereocenters. The van der Waals surface area contributed by atoms with E-state index in [1.54, 1.807) is 20.3 Å². The first kappa shape index (κ1) is 20.4. The summed E-state index contributed by atoms with van der Waals surface area (Å²) in [7, 11) is 3.29. The molecular weight excluding hydrogens is 380 g/mol. The molecule has 8 nitrogen and oxygen atoms in total. The third kappa shape index (κ3) is 5.14. The van der Waals surface area contributed by atoms with Gasteiger partial charge in [0.25, 0.3) is 0 Å². The first-order chi connectivity index (χ1) is 13.6. The summed E-state index contributed by atoms with van der Waals surface area (Å²) in [6.45, 7) is 4.51. The summed E-state index contributed by atoms with van der Waals surface area (Å²) in [6.07, 6.45) is 1.85. The molecule has 0 spiro atoms. The Kier molecular flexibility index (Phi) is 7.11. The lowest BCUT2D eigenvalue weighted by Gasteiger charge is -2.25. The number of methoxy groups -OCH3 is 2. The predicted octanol–water partition coefficient (Wildman–Crippen LogP) is 2.16. The van der Waals surface area contributed by atoms with Crippen molar-refractivity contribution < 1.29 is 9.47 Å². The van der Waals surface area contributed by atoms with Gasteiger partial charge in [-0.15, -0.1) is 0 Å². The van der Waals surface area contributed by atoms with Gasteiger partial charge in [0.15, 0.2) is 11.8 Å². The Morgan fingerprint density at radius 2 is 2.25 bits per heavy atom. The van der Waals surface area contributed by atoms with E-state index in [0.29, 0.717) is 18.2 Å². The Labute approximate surface area is 170 Å². The molecule has 0 aliphatic carbocycles. The molecule has 0 radical (unpaired) electrons. The van der Waals surface area contributed by atoms with Crippen LogP contribution in [0.2, 0.25) is 5.02 Å². The normalized spacial score (nSPS) is 16.6. The Morgan fingerprint density at radius 1 is 1.39 bits per heavy atom. The summed E-state index contributed by atoms with van der Waals surface area (Å²) in [5.74, 6) is 3.25. The van der Waals surface area contributed by atoms with Gasteiger partial charge in [0.1, 0.15) is 18.2 Å². The van der Waals surface area contributed by atoms with Gasteiger partial charge in [-0.05, 0) is 25.5 Å². The standard InChI is InChI=1S/C19H27ClN6O2/c1-4-21-19(22-10-13-5-6-14(20)9-16(13)28-3)23-15-7-8-18-24-17(12-27-2)25-26(18)11-15/h5-6,9,15H,4,7-8,10-12H2,1-3H3,(H2,21,22,23). The van der Waals surface area contributed by atoms with Gasteiger partial charge in [-0.2, -0.15) is 5.10 Å². The van der Waals surface area contributed by atoms with Crippen molar-refractivity contribution in [3.63, 3.8) is 0 Å². The highest BCUT2D eigenvalue weighted by molar-refractivity contribution is 6.30. The quantitative estimate of drug-likeness (QED) is 0.541. The minimum atomic E-state index is 0.231. The maximum absolute atomic E-state index is 6.04. The van der Waals surface area contributed by atoms with Crippen molar-refractivity contribution in [2.45, 2.75) is 45.5 Å². The first-order valence-electron chi connectivity index (χ1n) is 9.41. The van der Waals surface area contributed by atoms with Crippen molar-refractivity contribution in [1.29, 1.82) is 0 Å². The zero-order valence-corrected chi connectivity index (χ0v) is 17.3. The fraction of sp³-hybridized carbons (Fsp3) is 0.526. The minimum absolute atomic E-state index is 0.231. The van der Waals surface area contributed by atoms with Crippen molar-refractivity contribution in [2.75, 3.05) is 20.8 Å². The lowest BCUT2D eigenvalue weighted by molar-refractivity contribution is 0.177. The van der Waals surface area contributed by atoms with Crippen LogP contribution in [0.5, 0.6) is 5.75 Å². The molecule has 1 aromatic carbocycles. The van der Waals surface area contributed by atoms with Crippen molar-refractivity contribution in [3.05, 3.63) is 40.4 Å². The number of aromatic nitrogens is 3. The number of aliphatic imine (C=N–C) groups is 1. The smallest absolute Gasteiger partial charge is 0.191 e. The number of nitrogens with one attached hydrogen (secondary N) is 2. The van der Waals surface area contributed by atoms with E-state index in [-0.39, 0.29) is 6.04 Å². The average molecular weight is 407 g/mol. The molecule has 0 bridgehead atoms. The third-order valence-electron chi connectivity index (χ3n) is 4.52. The van der Waals surface area contributed by atoms with E-state index in [4.69, 9.17) is 26.1 Å². The largest absolute Gasteiger partial charge is 0.496 e. The molecule has 0 saturated heterocycles. The fourth-order valence-corrected chi connectivity index (χ4v) is 3.36. The van der Waals surface area contributed by atoms with Crippen LogP contribution in [-0.4, -0.2) is 47.5 Å². The number of hydrogen-bond acceptors (Lipinski definition) is 5. The SMILES string of the molecule is CCNC(=NCc1ccc(Cl)cc1OC)NC1CCc2nc(COC)nn2C1. The molecule has 1 aliphatic rings. The second kappa shape index (κ2) is 9.75. The molecule has 0 saturated carbocycles. The minimum Gasteiger partial charge on any atom is -0.496 e. The molecule has 2 aromatic rings. The van der Waals surface area contributed by atoms with Gasteiger partial charge in [-0.25, -0.2) is 14.7 Å². The van der Waals surface area contributed by atoms with E-state index in [0.717, 1.165) is 54.9 Å². The highest BCUT2D eigenvalue weighted by Gasteiger charge is 2.22. The molecule has 152 valence electrons. The van der Waals surface area contributed by atoms with E-state index in [2.05, 4.69) is 20.7 Å². The Bertz CT molecular complexity index is 823. The van der Waals surface area contributed by atoms with Crippen LogP contribution in [0.25, 0.3) is 0 Å². The van der Waals surface area contributed by atoms with E-state index in [1.807, 2.05) is 23.7 Å². The number of guanidine groups is 1. The summed E-state index contributed by atoms with van der Waals surface area (Å²) in [5.41, 5.74) is 0.982. The number of aryl methyl sites for hydroxylation is 1. The summed E-state index contributed by atoms with van der Waals surface area (Å²) >= 11 is 6.04. The van der Waals surface area contributed by atoms with Crippen LogP contribution in [0.4, 0.5) is 0 Å². The molecule has 0 amide bonds. The maximum Gasteiger partial charge on any atom is 0.191 e. The van der Waals surface area contributed by atoms with Gasteiger partial charge in [0.2, 0.25) is 0 Å². The van der Waals surface area contributed by atoms with Gasteiger partial charge in [-0.3, -0.25) is 0 Å². The number of nitrogens with zero attached hydrogens (tertiary/aromatic N) is 4. The van der Waals surface area contributed by atoms with Crippen LogP contribution in [0.3, 0.4) is 0 Å². The molecule has 2 heterocycles. The Balaban J connectivity index is 1.66. The zero-order valence-electron chi connectivity index (χ0n) is 16.5. The number of benzene rings is 1.